The molecule has 1 unspecified atom stereocenters. The van der Waals surface area contributed by atoms with Crippen LogP contribution in [-0.4, -0.2) is 7.85 Å². The van der Waals surface area contributed by atoms with Crippen LogP contribution in [0.3, 0.4) is 0 Å². The summed E-state index contributed by atoms with van der Waals surface area (Å²) in [5.41, 5.74) is 0. The van der Waals surface area contributed by atoms with E-state index in [1.165, 1.54) is 38.5 Å². The van der Waals surface area contributed by atoms with Crippen LogP contribution in [0.15, 0.2) is 0 Å². The lowest BCUT2D eigenvalue weighted by molar-refractivity contribution is 0.497. The highest BCUT2D eigenvalue weighted by molar-refractivity contribution is 6.14. The minimum atomic E-state index is 0.591. The molecule has 0 aromatic rings. The van der Waals surface area contributed by atoms with Crippen molar-refractivity contribution in [1.82, 2.24) is 0 Å². The molecule has 1 heteroatoms. The van der Waals surface area contributed by atoms with Gasteiger partial charge < -0.3 is 0 Å². The molecule has 0 aliphatic rings. The maximum atomic E-state index is 2.37. The maximum absolute atomic E-state index is 2.37. The molecule has 1 atom stereocenters. The Bertz CT molecular complexity index is 86.9. The third kappa shape index (κ3) is 6.46. The van der Waals surface area contributed by atoms with Gasteiger partial charge in [-0.15, -0.1) is 0 Å². The number of hydrogen-bond donors (Lipinski definition) is 0. The zero-order chi connectivity index (χ0) is 8.74. The molecule has 11 heavy (non-hydrogen) atoms. The first-order chi connectivity index (χ1) is 5.12. The van der Waals surface area contributed by atoms with Gasteiger partial charge in [-0.3, -0.25) is 0 Å². The predicted molar refractivity (Wildman–Crippen MR) is 56.0 cm³/mol. The number of rotatable bonds is 6. The molecular formula is C10H23B. The zero-order valence-corrected chi connectivity index (χ0v) is 8.74. The summed E-state index contributed by atoms with van der Waals surface area (Å²) in [7, 11) is 2.37. The molecule has 0 heterocycles. The summed E-state index contributed by atoms with van der Waals surface area (Å²) >= 11 is 0. The van der Waals surface area contributed by atoms with E-state index in [4.69, 9.17) is 0 Å². The van der Waals surface area contributed by atoms with Gasteiger partial charge in [-0.1, -0.05) is 64.6 Å². The van der Waals surface area contributed by atoms with Crippen molar-refractivity contribution in [1.29, 1.82) is 0 Å². The lowest BCUT2D eigenvalue weighted by Crippen LogP contribution is -2.05. The highest BCUT2D eigenvalue weighted by Gasteiger charge is 2.13. The third-order valence-electron chi connectivity index (χ3n) is 2.66. The van der Waals surface area contributed by atoms with Crippen molar-refractivity contribution in [3.63, 3.8) is 0 Å². The topological polar surface area (TPSA) is 0 Å². The van der Waals surface area contributed by atoms with Crippen molar-refractivity contribution < 1.29 is 0 Å². The maximum Gasteiger partial charge on any atom is 0.109 e. The predicted octanol–water partition coefficient (Wildman–Crippen LogP) is 3.18. The monoisotopic (exact) mass is 154 g/mol. The summed E-state index contributed by atoms with van der Waals surface area (Å²) in [5, 5.41) is 0.591. The van der Waals surface area contributed by atoms with Crippen molar-refractivity contribution >= 4 is 7.85 Å². The van der Waals surface area contributed by atoms with E-state index in [1.54, 1.807) is 0 Å². The zero-order valence-electron chi connectivity index (χ0n) is 8.74. The van der Waals surface area contributed by atoms with E-state index in [1.807, 2.05) is 0 Å². The van der Waals surface area contributed by atoms with E-state index in [-0.39, 0.29) is 0 Å². The molecule has 0 N–H and O–H groups in total. The highest BCUT2D eigenvalue weighted by Crippen LogP contribution is 2.31. The van der Waals surface area contributed by atoms with E-state index >= 15 is 0 Å². The normalized spacial score (nSPS) is 16.3. The molecule has 0 saturated heterocycles. The van der Waals surface area contributed by atoms with Crippen LogP contribution in [0.4, 0.5) is 0 Å². The Kier molecular flexibility index (Phi) is 5.72. The van der Waals surface area contributed by atoms with Crippen molar-refractivity contribution in [3.05, 3.63) is 0 Å². The Morgan fingerprint density at radius 3 is 2.18 bits per heavy atom. The molecule has 0 aromatic heterocycles. The molecule has 0 aromatic carbocycles. The molecular weight excluding hydrogens is 131 g/mol. The van der Waals surface area contributed by atoms with Crippen LogP contribution in [0, 0.1) is 0 Å². The molecule has 0 fully saturated rings. The lowest BCUT2D eigenvalue weighted by Gasteiger charge is -2.21. The van der Waals surface area contributed by atoms with Crippen LogP contribution in [-0.2, 0) is 0 Å². The van der Waals surface area contributed by atoms with Crippen molar-refractivity contribution in [2.45, 2.75) is 64.6 Å². The van der Waals surface area contributed by atoms with Gasteiger partial charge in [0.1, 0.15) is 7.85 Å². The van der Waals surface area contributed by atoms with Crippen LogP contribution in [0.1, 0.15) is 59.3 Å². The highest BCUT2D eigenvalue weighted by atomic mass is 14.1. The van der Waals surface area contributed by atoms with E-state index in [0.29, 0.717) is 5.31 Å². The smallest absolute Gasteiger partial charge is 0.0669 e. The van der Waals surface area contributed by atoms with Crippen LogP contribution in [0.2, 0.25) is 5.31 Å². The summed E-state index contributed by atoms with van der Waals surface area (Å²) < 4.78 is 0. The molecule has 66 valence electrons. The minimum Gasteiger partial charge on any atom is -0.0669 e. The van der Waals surface area contributed by atoms with Crippen molar-refractivity contribution in [3.8, 4) is 0 Å². The van der Waals surface area contributed by atoms with Gasteiger partial charge in [0.15, 0.2) is 0 Å². The van der Waals surface area contributed by atoms with Gasteiger partial charge in [-0.2, -0.15) is 0 Å². The number of hydrogen-bond acceptors (Lipinski definition) is 0. The average molecular weight is 154 g/mol. The molecule has 0 bridgehead atoms. The average Bonchev–Trinajstić information content (AvgIpc) is 1.99. The Hall–Kier alpha value is 0.0649. The molecule has 0 nitrogen and oxygen atoms in total. The van der Waals surface area contributed by atoms with Gasteiger partial charge in [0.2, 0.25) is 0 Å². The Balaban J connectivity index is 3.23. The molecule has 0 aliphatic heterocycles. The quantitative estimate of drug-likeness (QED) is 0.407. The fraction of sp³-hybridized carbons (Fsp3) is 1.00. The molecule has 0 rings (SSSR count). The van der Waals surface area contributed by atoms with E-state index in [0.717, 1.165) is 0 Å². The van der Waals surface area contributed by atoms with Gasteiger partial charge in [-0.25, -0.2) is 0 Å². The summed E-state index contributed by atoms with van der Waals surface area (Å²) in [6.45, 7) is 6.93. The summed E-state index contributed by atoms with van der Waals surface area (Å²) in [4.78, 5) is 0. The molecule has 0 saturated carbocycles. The largest absolute Gasteiger partial charge is 0.109 e. The van der Waals surface area contributed by atoms with Crippen LogP contribution < -0.4 is 0 Å². The Morgan fingerprint density at radius 1 is 1.09 bits per heavy atom. The molecule has 0 aliphatic carbocycles. The second-order valence-electron chi connectivity index (χ2n) is 4.33. The standard InChI is InChI=1S/C10H23B/c1-4-6-7-8-9-10(3,11)5-2/h4-9,11H2,1-3H3. The minimum absolute atomic E-state index is 0.591. The van der Waals surface area contributed by atoms with E-state index in [9.17, 15) is 0 Å². The molecule has 0 spiro atoms. The fourth-order valence-electron chi connectivity index (χ4n) is 1.21. The van der Waals surface area contributed by atoms with Gasteiger partial charge in [0.05, 0.1) is 0 Å². The second kappa shape index (κ2) is 5.68. The third-order valence-corrected chi connectivity index (χ3v) is 2.66. The van der Waals surface area contributed by atoms with Gasteiger partial charge >= 0.3 is 0 Å². The van der Waals surface area contributed by atoms with Crippen molar-refractivity contribution in [2.24, 2.45) is 0 Å². The number of unbranched alkanes of at least 4 members (excludes halogenated alkanes) is 3. The van der Waals surface area contributed by atoms with Crippen LogP contribution >= 0.6 is 0 Å². The Morgan fingerprint density at radius 2 is 1.73 bits per heavy atom. The Labute approximate surface area is 73.2 Å². The first-order valence-electron chi connectivity index (χ1n) is 5.12. The first kappa shape index (κ1) is 11.1. The van der Waals surface area contributed by atoms with Crippen LogP contribution in [0.25, 0.3) is 0 Å². The van der Waals surface area contributed by atoms with E-state index < -0.39 is 0 Å². The lowest BCUT2D eigenvalue weighted by atomic mass is 9.65. The second-order valence-corrected chi connectivity index (χ2v) is 4.33. The fourth-order valence-corrected chi connectivity index (χ4v) is 1.21. The van der Waals surface area contributed by atoms with Gasteiger partial charge in [-0.05, 0) is 0 Å². The molecule has 0 amide bonds. The van der Waals surface area contributed by atoms with E-state index in [2.05, 4.69) is 28.6 Å². The summed E-state index contributed by atoms with van der Waals surface area (Å²) in [6, 6.07) is 0. The van der Waals surface area contributed by atoms with Gasteiger partial charge in [0.25, 0.3) is 0 Å². The van der Waals surface area contributed by atoms with Gasteiger partial charge in [0, 0.05) is 0 Å². The summed E-state index contributed by atoms with van der Waals surface area (Å²) in [5.74, 6) is 0. The first-order valence-corrected chi connectivity index (χ1v) is 5.12. The van der Waals surface area contributed by atoms with Crippen LogP contribution in [0.5, 0.6) is 0 Å². The summed E-state index contributed by atoms with van der Waals surface area (Å²) in [6.07, 6.45) is 8.35. The SMILES string of the molecule is BC(C)(CC)CCCCCC. The molecule has 0 radical (unpaired) electrons. The van der Waals surface area contributed by atoms with Crippen molar-refractivity contribution in [2.75, 3.05) is 0 Å².